The fourth-order valence-electron chi connectivity index (χ4n) is 1.78. The van der Waals surface area contributed by atoms with E-state index in [0.29, 0.717) is 0 Å². The van der Waals surface area contributed by atoms with E-state index in [2.05, 4.69) is 58.1 Å². The first kappa shape index (κ1) is 14.2. The summed E-state index contributed by atoms with van der Waals surface area (Å²) in [6.07, 6.45) is 5.54. The van der Waals surface area contributed by atoms with E-state index in [9.17, 15) is 0 Å². The third kappa shape index (κ3) is 3.64. The molecule has 5 heteroatoms. The maximum Gasteiger partial charge on any atom is 0.142 e. The lowest BCUT2D eigenvalue weighted by molar-refractivity contribution is 0.423. The molecule has 0 atom stereocenters. The fourth-order valence-corrected chi connectivity index (χ4v) is 2.16. The quantitative estimate of drug-likeness (QED) is 0.943. The Balaban J connectivity index is 2.36. The number of hydrogen-bond donors (Lipinski definition) is 1. The van der Waals surface area contributed by atoms with Gasteiger partial charge in [0.15, 0.2) is 0 Å². The van der Waals surface area contributed by atoms with Crippen LogP contribution in [0.1, 0.15) is 32.2 Å². The Kier molecular flexibility index (Phi) is 4.06. The number of aromatic nitrogens is 3. The average Bonchev–Trinajstić information content (AvgIpc) is 2.72. The van der Waals surface area contributed by atoms with E-state index in [-0.39, 0.29) is 5.54 Å². The van der Waals surface area contributed by atoms with Gasteiger partial charge in [0.25, 0.3) is 0 Å². The molecule has 0 aromatic carbocycles. The highest BCUT2D eigenvalue weighted by atomic mass is 79.9. The van der Waals surface area contributed by atoms with Gasteiger partial charge < -0.3 is 5.32 Å². The standard InChI is InChI=1S/C14H19BrN4/c1-10-16-5-6-19(10)13-11(7-12(15)9-17-13)8-18-14(2,3)4/h5-7,9,18H,8H2,1-4H3. The lowest BCUT2D eigenvalue weighted by Crippen LogP contribution is -2.35. The van der Waals surface area contributed by atoms with Gasteiger partial charge >= 0.3 is 0 Å². The van der Waals surface area contributed by atoms with E-state index >= 15 is 0 Å². The minimum absolute atomic E-state index is 0.0730. The van der Waals surface area contributed by atoms with Crippen molar-refractivity contribution < 1.29 is 0 Å². The third-order valence-electron chi connectivity index (χ3n) is 2.77. The molecule has 0 aliphatic carbocycles. The molecule has 2 rings (SSSR count). The zero-order chi connectivity index (χ0) is 14.0. The Labute approximate surface area is 122 Å². The maximum absolute atomic E-state index is 4.52. The van der Waals surface area contributed by atoms with Crippen LogP contribution in [0.5, 0.6) is 0 Å². The van der Waals surface area contributed by atoms with Crippen molar-refractivity contribution in [3.8, 4) is 5.82 Å². The van der Waals surface area contributed by atoms with Crippen LogP contribution < -0.4 is 5.32 Å². The smallest absolute Gasteiger partial charge is 0.142 e. The summed E-state index contributed by atoms with van der Waals surface area (Å²) in [6.45, 7) is 9.20. The van der Waals surface area contributed by atoms with Crippen molar-refractivity contribution in [3.05, 3.63) is 40.5 Å². The van der Waals surface area contributed by atoms with E-state index in [4.69, 9.17) is 0 Å². The van der Waals surface area contributed by atoms with Gasteiger partial charge in [-0.15, -0.1) is 0 Å². The monoisotopic (exact) mass is 322 g/mol. The molecule has 102 valence electrons. The highest BCUT2D eigenvalue weighted by molar-refractivity contribution is 9.10. The van der Waals surface area contributed by atoms with E-state index in [1.165, 1.54) is 0 Å². The van der Waals surface area contributed by atoms with Crippen LogP contribution in [0, 0.1) is 6.92 Å². The van der Waals surface area contributed by atoms with Crippen LogP contribution >= 0.6 is 15.9 Å². The van der Waals surface area contributed by atoms with Gasteiger partial charge in [-0.05, 0) is 49.7 Å². The van der Waals surface area contributed by atoms with Crippen molar-refractivity contribution in [3.63, 3.8) is 0 Å². The second kappa shape index (κ2) is 5.43. The van der Waals surface area contributed by atoms with Crippen LogP contribution in [0.4, 0.5) is 0 Å². The summed E-state index contributed by atoms with van der Waals surface area (Å²) in [5.41, 5.74) is 1.22. The molecular formula is C14H19BrN4. The van der Waals surface area contributed by atoms with Crippen molar-refractivity contribution in [2.45, 2.75) is 39.8 Å². The summed E-state index contributed by atoms with van der Waals surface area (Å²) in [6, 6.07) is 2.10. The zero-order valence-corrected chi connectivity index (χ0v) is 13.3. The van der Waals surface area contributed by atoms with Gasteiger partial charge in [0.2, 0.25) is 0 Å². The molecule has 2 aromatic heterocycles. The topological polar surface area (TPSA) is 42.7 Å². The van der Waals surface area contributed by atoms with Crippen LogP contribution in [0.25, 0.3) is 5.82 Å². The van der Waals surface area contributed by atoms with Gasteiger partial charge in [-0.1, -0.05) is 0 Å². The molecule has 0 aliphatic heterocycles. The summed E-state index contributed by atoms with van der Waals surface area (Å²) in [7, 11) is 0. The predicted octanol–water partition coefficient (Wildman–Crippen LogP) is 3.23. The summed E-state index contributed by atoms with van der Waals surface area (Å²) >= 11 is 3.48. The SMILES string of the molecule is Cc1nccn1-c1ncc(Br)cc1CNC(C)(C)C. The van der Waals surface area contributed by atoms with Crippen molar-refractivity contribution in [2.24, 2.45) is 0 Å². The van der Waals surface area contributed by atoms with E-state index in [0.717, 1.165) is 28.2 Å². The number of halogens is 1. The Bertz CT molecular complexity index is 569. The normalized spacial score (nSPS) is 11.8. The molecular weight excluding hydrogens is 304 g/mol. The van der Waals surface area contributed by atoms with Crippen LogP contribution in [0.3, 0.4) is 0 Å². The van der Waals surface area contributed by atoms with Crippen molar-refractivity contribution in [2.75, 3.05) is 0 Å². The molecule has 0 saturated carbocycles. The number of pyridine rings is 1. The summed E-state index contributed by atoms with van der Waals surface area (Å²) in [5.74, 6) is 1.86. The summed E-state index contributed by atoms with van der Waals surface area (Å²) in [5, 5.41) is 3.49. The summed E-state index contributed by atoms with van der Waals surface area (Å²) < 4.78 is 2.99. The molecule has 19 heavy (non-hydrogen) atoms. The van der Waals surface area contributed by atoms with E-state index in [1.807, 2.05) is 23.9 Å². The van der Waals surface area contributed by atoms with Crippen LogP contribution in [-0.2, 0) is 6.54 Å². The number of aryl methyl sites for hydroxylation is 1. The minimum atomic E-state index is 0.0730. The van der Waals surface area contributed by atoms with Gasteiger partial charge in [-0.2, -0.15) is 0 Å². The number of nitrogens with one attached hydrogen (secondary N) is 1. The highest BCUT2D eigenvalue weighted by Crippen LogP contribution is 2.19. The number of rotatable bonds is 3. The molecule has 0 unspecified atom stereocenters. The highest BCUT2D eigenvalue weighted by Gasteiger charge is 2.13. The van der Waals surface area contributed by atoms with Gasteiger partial charge in [-0.3, -0.25) is 4.57 Å². The average molecular weight is 323 g/mol. The fraction of sp³-hybridized carbons (Fsp3) is 0.429. The molecule has 2 aromatic rings. The molecule has 2 heterocycles. The van der Waals surface area contributed by atoms with Gasteiger partial charge in [0.1, 0.15) is 11.6 Å². The first-order chi connectivity index (χ1) is 8.87. The number of nitrogens with zero attached hydrogens (tertiary/aromatic N) is 3. The summed E-state index contributed by atoms with van der Waals surface area (Å²) in [4.78, 5) is 8.77. The molecule has 0 amide bonds. The molecule has 0 bridgehead atoms. The Morgan fingerprint density at radius 2 is 2.05 bits per heavy atom. The van der Waals surface area contributed by atoms with Crippen molar-refractivity contribution in [1.29, 1.82) is 0 Å². The molecule has 0 aliphatic rings. The second-order valence-corrected chi connectivity index (χ2v) is 6.50. The van der Waals surface area contributed by atoms with E-state index < -0.39 is 0 Å². The van der Waals surface area contributed by atoms with Gasteiger partial charge in [0, 0.05) is 40.7 Å². The van der Waals surface area contributed by atoms with Crippen molar-refractivity contribution in [1.82, 2.24) is 19.9 Å². The number of imidazole rings is 1. The molecule has 4 nitrogen and oxygen atoms in total. The van der Waals surface area contributed by atoms with E-state index in [1.54, 1.807) is 6.20 Å². The zero-order valence-electron chi connectivity index (χ0n) is 11.7. The van der Waals surface area contributed by atoms with Gasteiger partial charge in [-0.25, -0.2) is 9.97 Å². The minimum Gasteiger partial charge on any atom is -0.308 e. The lowest BCUT2D eigenvalue weighted by atomic mass is 10.1. The Morgan fingerprint density at radius 1 is 1.32 bits per heavy atom. The largest absolute Gasteiger partial charge is 0.308 e. The van der Waals surface area contributed by atoms with Crippen LogP contribution in [0.2, 0.25) is 0 Å². The molecule has 0 radical (unpaired) electrons. The molecule has 1 N–H and O–H groups in total. The Morgan fingerprint density at radius 3 is 2.63 bits per heavy atom. The molecule has 0 saturated heterocycles. The first-order valence-electron chi connectivity index (χ1n) is 6.26. The molecule has 0 spiro atoms. The number of hydrogen-bond acceptors (Lipinski definition) is 3. The van der Waals surface area contributed by atoms with Crippen LogP contribution in [0.15, 0.2) is 29.1 Å². The third-order valence-corrected chi connectivity index (χ3v) is 3.21. The van der Waals surface area contributed by atoms with Crippen molar-refractivity contribution >= 4 is 15.9 Å². The first-order valence-corrected chi connectivity index (χ1v) is 7.06. The van der Waals surface area contributed by atoms with Crippen LogP contribution in [-0.4, -0.2) is 20.1 Å². The Hall–Kier alpha value is -1.20. The lowest BCUT2D eigenvalue weighted by Gasteiger charge is -2.21. The van der Waals surface area contributed by atoms with Gasteiger partial charge in [0.05, 0.1) is 0 Å². The molecule has 0 fully saturated rings. The second-order valence-electron chi connectivity index (χ2n) is 5.58. The maximum atomic E-state index is 4.52. The predicted molar refractivity (Wildman–Crippen MR) is 80.4 cm³/mol.